The zero-order valence-electron chi connectivity index (χ0n) is 14.1. The van der Waals surface area contributed by atoms with E-state index in [0.717, 1.165) is 38.3 Å². The van der Waals surface area contributed by atoms with E-state index in [1.807, 2.05) is 72.8 Å². The fourth-order valence-electron chi connectivity index (χ4n) is 2.80. The van der Waals surface area contributed by atoms with Gasteiger partial charge in [0.15, 0.2) is 5.84 Å². The number of hydrazone groups is 1. The minimum atomic E-state index is 0.704. The first-order chi connectivity index (χ1) is 12.7. The Morgan fingerprint density at radius 2 is 1.65 bits per heavy atom. The van der Waals surface area contributed by atoms with Gasteiger partial charge in [-0.15, -0.1) is 0 Å². The highest BCUT2D eigenvalue weighted by Gasteiger charge is 2.18. The lowest BCUT2D eigenvalue weighted by Crippen LogP contribution is -2.19. The normalized spacial score (nSPS) is 13.0. The molecule has 0 saturated heterocycles. The van der Waals surface area contributed by atoms with E-state index in [0.29, 0.717) is 5.84 Å². The molecule has 0 amide bonds. The molecule has 1 heterocycles. The highest BCUT2D eigenvalue weighted by Crippen LogP contribution is 2.29. The zero-order valence-corrected chi connectivity index (χ0v) is 15.7. The second-order valence-corrected chi connectivity index (χ2v) is 6.70. The predicted molar refractivity (Wildman–Crippen MR) is 109 cm³/mol. The van der Waals surface area contributed by atoms with Gasteiger partial charge in [0.25, 0.3) is 0 Å². The molecule has 0 fully saturated rings. The SMILES string of the molecule is COc1ccc2c(c1)C(c1ccccc1)=NNC(c1ccc(Br)cc1)=N2. The van der Waals surface area contributed by atoms with Crippen LogP contribution in [0.4, 0.5) is 5.69 Å². The van der Waals surface area contributed by atoms with E-state index < -0.39 is 0 Å². The molecule has 0 unspecified atom stereocenters. The van der Waals surface area contributed by atoms with Crippen LogP contribution >= 0.6 is 15.9 Å². The van der Waals surface area contributed by atoms with Gasteiger partial charge in [0.2, 0.25) is 0 Å². The van der Waals surface area contributed by atoms with Crippen molar-refractivity contribution in [2.24, 2.45) is 10.1 Å². The fraction of sp³-hybridized carbons (Fsp3) is 0.0476. The molecule has 5 heteroatoms. The number of benzene rings is 3. The van der Waals surface area contributed by atoms with Crippen LogP contribution in [0.5, 0.6) is 5.75 Å². The van der Waals surface area contributed by atoms with Crippen molar-refractivity contribution in [1.29, 1.82) is 0 Å². The van der Waals surface area contributed by atoms with Crippen LogP contribution in [-0.4, -0.2) is 18.7 Å². The van der Waals surface area contributed by atoms with Crippen molar-refractivity contribution in [2.75, 3.05) is 7.11 Å². The first-order valence-corrected chi connectivity index (χ1v) is 8.96. The first-order valence-electron chi connectivity index (χ1n) is 8.17. The molecule has 0 saturated carbocycles. The van der Waals surface area contributed by atoms with Crippen molar-refractivity contribution in [3.63, 3.8) is 0 Å². The van der Waals surface area contributed by atoms with Gasteiger partial charge < -0.3 is 4.74 Å². The second-order valence-electron chi connectivity index (χ2n) is 5.79. The summed E-state index contributed by atoms with van der Waals surface area (Å²) in [6, 6.07) is 23.9. The van der Waals surface area contributed by atoms with Gasteiger partial charge in [0.05, 0.1) is 12.8 Å². The number of ether oxygens (including phenoxy) is 1. The molecule has 1 aliphatic rings. The van der Waals surface area contributed by atoms with Crippen LogP contribution in [0.25, 0.3) is 0 Å². The summed E-state index contributed by atoms with van der Waals surface area (Å²) in [7, 11) is 1.66. The van der Waals surface area contributed by atoms with Gasteiger partial charge in [-0.25, -0.2) is 4.99 Å². The molecule has 0 bridgehead atoms. The summed E-state index contributed by atoms with van der Waals surface area (Å²) in [5.41, 5.74) is 7.71. The van der Waals surface area contributed by atoms with Crippen molar-refractivity contribution in [1.82, 2.24) is 5.43 Å². The van der Waals surface area contributed by atoms with Gasteiger partial charge >= 0.3 is 0 Å². The summed E-state index contributed by atoms with van der Waals surface area (Å²) in [5, 5.41) is 4.66. The van der Waals surface area contributed by atoms with Gasteiger partial charge in [-0.1, -0.05) is 58.4 Å². The van der Waals surface area contributed by atoms with Crippen molar-refractivity contribution in [2.45, 2.75) is 0 Å². The second kappa shape index (κ2) is 7.14. The number of amidine groups is 1. The highest BCUT2D eigenvalue weighted by atomic mass is 79.9. The Bertz CT molecular complexity index is 996. The van der Waals surface area contributed by atoms with E-state index in [-0.39, 0.29) is 0 Å². The van der Waals surface area contributed by atoms with Gasteiger partial charge in [-0.05, 0) is 30.3 Å². The third kappa shape index (κ3) is 3.26. The van der Waals surface area contributed by atoms with Crippen molar-refractivity contribution < 1.29 is 4.74 Å². The molecule has 0 atom stereocenters. The zero-order chi connectivity index (χ0) is 17.9. The average Bonchev–Trinajstić information content (AvgIpc) is 2.88. The molecule has 1 N–H and O–H groups in total. The van der Waals surface area contributed by atoms with Crippen LogP contribution in [0.3, 0.4) is 0 Å². The number of fused-ring (bicyclic) bond motifs is 1. The van der Waals surface area contributed by atoms with Crippen molar-refractivity contribution in [3.05, 3.63) is 94.0 Å². The van der Waals surface area contributed by atoms with Crippen LogP contribution in [0.2, 0.25) is 0 Å². The van der Waals surface area contributed by atoms with Crippen molar-refractivity contribution in [3.8, 4) is 5.75 Å². The van der Waals surface area contributed by atoms with E-state index in [1.165, 1.54) is 0 Å². The van der Waals surface area contributed by atoms with Gasteiger partial charge in [-0.3, -0.25) is 5.43 Å². The molecule has 3 aromatic rings. The first kappa shape index (κ1) is 16.5. The van der Waals surface area contributed by atoms with Crippen molar-refractivity contribution >= 4 is 33.2 Å². The molecule has 4 rings (SSSR count). The van der Waals surface area contributed by atoms with Gasteiger partial charge in [0.1, 0.15) is 11.5 Å². The lowest BCUT2D eigenvalue weighted by Gasteiger charge is -2.09. The Morgan fingerprint density at radius 1 is 0.885 bits per heavy atom. The standard InChI is InChI=1S/C21H16BrN3O/c1-26-17-11-12-19-18(13-17)20(14-5-3-2-4-6-14)24-25-21(23-19)15-7-9-16(22)10-8-15/h2-13H,1H3,(H,23,25). The maximum Gasteiger partial charge on any atom is 0.154 e. The lowest BCUT2D eigenvalue weighted by atomic mass is 10.0. The van der Waals surface area contributed by atoms with E-state index in [1.54, 1.807) is 7.11 Å². The molecule has 0 aliphatic carbocycles. The summed E-state index contributed by atoms with van der Waals surface area (Å²) in [5.74, 6) is 1.48. The third-order valence-electron chi connectivity index (χ3n) is 4.13. The van der Waals surface area contributed by atoms with Crippen LogP contribution in [0.15, 0.2) is 87.4 Å². The average molecular weight is 406 g/mol. The summed E-state index contributed by atoms with van der Waals surface area (Å²) in [4.78, 5) is 4.81. The molecule has 128 valence electrons. The minimum Gasteiger partial charge on any atom is -0.497 e. The Labute approximate surface area is 160 Å². The van der Waals surface area contributed by atoms with Crippen LogP contribution in [0, 0.1) is 0 Å². The summed E-state index contributed by atoms with van der Waals surface area (Å²) in [6.45, 7) is 0. The smallest absolute Gasteiger partial charge is 0.154 e. The molecule has 3 aromatic carbocycles. The van der Waals surface area contributed by atoms with Crippen LogP contribution in [-0.2, 0) is 0 Å². The van der Waals surface area contributed by atoms with E-state index in [9.17, 15) is 0 Å². The summed E-state index contributed by atoms with van der Waals surface area (Å²) in [6.07, 6.45) is 0. The van der Waals surface area contributed by atoms with Gasteiger partial charge in [0, 0.05) is 21.2 Å². The number of nitrogens with zero attached hydrogens (tertiary/aromatic N) is 2. The number of rotatable bonds is 3. The Hall–Kier alpha value is -2.92. The molecule has 0 aromatic heterocycles. The Balaban J connectivity index is 1.87. The van der Waals surface area contributed by atoms with E-state index >= 15 is 0 Å². The van der Waals surface area contributed by atoms with E-state index in [2.05, 4.69) is 26.5 Å². The fourth-order valence-corrected chi connectivity index (χ4v) is 3.06. The lowest BCUT2D eigenvalue weighted by molar-refractivity contribution is 0.415. The number of nitrogens with one attached hydrogen (secondary N) is 1. The quantitative estimate of drug-likeness (QED) is 0.673. The maximum absolute atomic E-state index is 5.40. The number of halogens is 1. The number of methoxy groups -OCH3 is 1. The van der Waals surface area contributed by atoms with Crippen LogP contribution in [0.1, 0.15) is 16.7 Å². The summed E-state index contributed by atoms with van der Waals surface area (Å²) >= 11 is 3.46. The monoisotopic (exact) mass is 405 g/mol. The van der Waals surface area contributed by atoms with Crippen LogP contribution < -0.4 is 10.2 Å². The maximum atomic E-state index is 5.40. The Morgan fingerprint density at radius 3 is 2.38 bits per heavy atom. The minimum absolute atomic E-state index is 0.704. The number of aliphatic imine (C=N–C) groups is 1. The topological polar surface area (TPSA) is 46.0 Å². The number of hydrogen-bond acceptors (Lipinski definition) is 4. The molecular weight excluding hydrogens is 390 g/mol. The molecule has 1 aliphatic heterocycles. The predicted octanol–water partition coefficient (Wildman–Crippen LogP) is 4.89. The third-order valence-corrected chi connectivity index (χ3v) is 4.66. The molecule has 0 radical (unpaired) electrons. The Kier molecular flexibility index (Phi) is 4.54. The van der Waals surface area contributed by atoms with E-state index in [4.69, 9.17) is 9.73 Å². The summed E-state index contributed by atoms with van der Waals surface area (Å²) < 4.78 is 6.42. The van der Waals surface area contributed by atoms with Gasteiger partial charge in [-0.2, -0.15) is 5.10 Å². The number of hydrogen-bond donors (Lipinski definition) is 1. The molecule has 0 spiro atoms. The highest BCUT2D eigenvalue weighted by molar-refractivity contribution is 9.10. The largest absolute Gasteiger partial charge is 0.497 e. The molecular formula is C21H16BrN3O. The molecule has 26 heavy (non-hydrogen) atoms. The molecule has 4 nitrogen and oxygen atoms in total.